The largest absolute Gasteiger partial charge is 0.302 e. The van der Waals surface area contributed by atoms with Gasteiger partial charge in [0.1, 0.15) is 12.1 Å². The normalized spacial score (nSPS) is 12.5. The highest BCUT2D eigenvalue weighted by molar-refractivity contribution is 9.10. The van der Waals surface area contributed by atoms with E-state index in [1.165, 1.54) is 6.07 Å². The third-order valence-electron chi connectivity index (χ3n) is 1.57. The van der Waals surface area contributed by atoms with Gasteiger partial charge in [0.15, 0.2) is 0 Å². The maximum atomic E-state index is 13.1. The quantitative estimate of drug-likeness (QED) is 0.607. The molecular weight excluding hydrogens is 258 g/mol. The van der Waals surface area contributed by atoms with Crippen molar-refractivity contribution < 1.29 is 9.18 Å². The van der Waals surface area contributed by atoms with E-state index in [0.29, 0.717) is 11.8 Å². The first-order valence-corrected chi connectivity index (χ1v) is 4.89. The van der Waals surface area contributed by atoms with Gasteiger partial charge in [-0.2, -0.15) is 0 Å². The van der Waals surface area contributed by atoms with Crippen molar-refractivity contribution in [3.63, 3.8) is 0 Å². The molecule has 13 heavy (non-hydrogen) atoms. The number of hydrogen-bond acceptors (Lipinski definition) is 1. The number of carbonyl (C=O) groups is 1. The molecule has 0 amide bonds. The molecule has 0 spiro atoms. The number of alkyl halides is 1. The number of rotatable bonds is 3. The monoisotopic (exact) mass is 264 g/mol. The summed E-state index contributed by atoms with van der Waals surface area (Å²) in [5, 5.41) is -0.663. The van der Waals surface area contributed by atoms with Crippen molar-refractivity contribution >= 4 is 33.8 Å². The van der Waals surface area contributed by atoms with Gasteiger partial charge in [-0.1, -0.05) is 15.9 Å². The van der Waals surface area contributed by atoms with E-state index in [2.05, 4.69) is 15.9 Å². The van der Waals surface area contributed by atoms with Gasteiger partial charge in [0, 0.05) is 4.47 Å². The van der Waals surface area contributed by atoms with Gasteiger partial charge in [-0.05, 0) is 30.2 Å². The van der Waals surface area contributed by atoms with Crippen molar-refractivity contribution in [2.75, 3.05) is 0 Å². The third-order valence-corrected chi connectivity index (χ3v) is 2.32. The van der Waals surface area contributed by atoms with Gasteiger partial charge >= 0.3 is 0 Å². The molecule has 0 radical (unpaired) electrons. The Morgan fingerprint density at radius 1 is 1.62 bits per heavy atom. The van der Waals surface area contributed by atoms with E-state index < -0.39 is 5.38 Å². The summed E-state index contributed by atoms with van der Waals surface area (Å²) >= 11 is 8.78. The molecule has 0 aromatic heterocycles. The lowest BCUT2D eigenvalue weighted by molar-refractivity contribution is -0.107. The van der Waals surface area contributed by atoms with Gasteiger partial charge in [-0.25, -0.2) is 4.39 Å². The fourth-order valence-corrected chi connectivity index (χ4v) is 1.53. The third kappa shape index (κ3) is 3.08. The number of benzene rings is 1. The Bertz CT molecular complexity index is 316. The lowest BCUT2D eigenvalue weighted by atomic mass is 10.1. The molecular formula is C9H7BrClFO. The van der Waals surface area contributed by atoms with Crippen LogP contribution in [-0.2, 0) is 11.2 Å². The van der Waals surface area contributed by atoms with Crippen molar-refractivity contribution in [3.05, 3.63) is 34.1 Å². The molecule has 0 saturated carbocycles. The van der Waals surface area contributed by atoms with Crippen LogP contribution in [0, 0.1) is 5.82 Å². The minimum atomic E-state index is -0.663. The second kappa shape index (κ2) is 4.72. The molecule has 1 rings (SSSR count). The second-order valence-electron chi connectivity index (χ2n) is 2.59. The van der Waals surface area contributed by atoms with Gasteiger partial charge < -0.3 is 4.79 Å². The van der Waals surface area contributed by atoms with Crippen LogP contribution in [0.3, 0.4) is 0 Å². The van der Waals surface area contributed by atoms with E-state index in [1.54, 1.807) is 12.1 Å². The molecule has 70 valence electrons. The number of hydrogen-bond donors (Lipinski definition) is 0. The Labute approximate surface area is 89.0 Å². The molecule has 0 fully saturated rings. The van der Waals surface area contributed by atoms with Crippen LogP contribution in [0.25, 0.3) is 0 Å². The zero-order valence-electron chi connectivity index (χ0n) is 6.64. The molecule has 1 nitrogen and oxygen atoms in total. The first-order valence-electron chi connectivity index (χ1n) is 3.67. The summed E-state index contributed by atoms with van der Waals surface area (Å²) in [6.45, 7) is 0. The van der Waals surface area contributed by atoms with Crippen LogP contribution in [0.2, 0.25) is 0 Å². The van der Waals surface area contributed by atoms with E-state index in [0.717, 1.165) is 4.47 Å². The summed E-state index contributed by atoms with van der Waals surface area (Å²) < 4.78 is 13.8. The molecule has 0 N–H and O–H groups in total. The number of halogens is 3. The van der Waals surface area contributed by atoms with Crippen molar-refractivity contribution in [3.8, 4) is 0 Å². The molecule has 0 bridgehead atoms. The van der Waals surface area contributed by atoms with Gasteiger partial charge in [0.25, 0.3) is 0 Å². The minimum Gasteiger partial charge on any atom is -0.302 e. The van der Waals surface area contributed by atoms with Gasteiger partial charge in [-0.15, -0.1) is 11.6 Å². The lowest BCUT2D eigenvalue weighted by Crippen LogP contribution is -2.05. The summed E-state index contributed by atoms with van der Waals surface area (Å²) in [5.74, 6) is -0.337. The zero-order chi connectivity index (χ0) is 9.84. The molecule has 0 saturated heterocycles. The highest BCUT2D eigenvalue weighted by Gasteiger charge is 2.08. The van der Waals surface area contributed by atoms with E-state index in [1.807, 2.05) is 0 Å². The van der Waals surface area contributed by atoms with E-state index in [4.69, 9.17) is 11.6 Å². The average molecular weight is 266 g/mol. The molecule has 0 aliphatic rings. The highest BCUT2D eigenvalue weighted by Crippen LogP contribution is 2.17. The van der Waals surface area contributed by atoms with Crippen LogP contribution in [0.5, 0.6) is 0 Å². The number of aldehydes is 1. The molecule has 4 heteroatoms. The van der Waals surface area contributed by atoms with Crippen molar-refractivity contribution in [1.82, 2.24) is 0 Å². The molecule has 1 aromatic carbocycles. The molecule has 1 aromatic rings. The predicted molar refractivity (Wildman–Crippen MR) is 53.5 cm³/mol. The first kappa shape index (κ1) is 10.7. The van der Waals surface area contributed by atoms with Crippen molar-refractivity contribution in [2.45, 2.75) is 11.8 Å². The minimum absolute atomic E-state index is 0.219. The fourth-order valence-electron chi connectivity index (χ4n) is 0.958. The van der Waals surface area contributed by atoms with Crippen LogP contribution in [0.1, 0.15) is 5.56 Å². The predicted octanol–water partition coefficient (Wildman–Crippen LogP) is 2.94. The van der Waals surface area contributed by atoms with Gasteiger partial charge in [-0.3, -0.25) is 0 Å². The Morgan fingerprint density at radius 2 is 2.31 bits per heavy atom. The van der Waals surface area contributed by atoms with Crippen LogP contribution < -0.4 is 0 Å². The summed E-state index contributed by atoms with van der Waals surface area (Å²) in [4.78, 5) is 10.2. The van der Waals surface area contributed by atoms with Crippen LogP contribution in [-0.4, -0.2) is 11.7 Å². The average Bonchev–Trinajstić information content (AvgIpc) is 2.11. The van der Waals surface area contributed by atoms with Crippen LogP contribution in [0.4, 0.5) is 4.39 Å². The topological polar surface area (TPSA) is 17.1 Å². The molecule has 0 aliphatic carbocycles. The molecule has 1 unspecified atom stereocenters. The lowest BCUT2D eigenvalue weighted by Gasteiger charge is -2.04. The smallest absolute Gasteiger partial charge is 0.138 e. The van der Waals surface area contributed by atoms with Crippen LogP contribution in [0.15, 0.2) is 22.7 Å². The fraction of sp³-hybridized carbons (Fsp3) is 0.222. The van der Waals surface area contributed by atoms with E-state index >= 15 is 0 Å². The summed E-state index contributed by atoms with van der Waals surface area (Å²) in [6, 6.07) is 4.56. The first-order chi connectivity index (χ1) is 6.13. The van der Waals surface area contributed by atoms with Gasteiger partial charge in [0.05, 0.1) is 5.38 Å². The standard InChI is InChI=1S/C9H7BrClFO/c10-7-1-2-9(12)6(3-7)4-8(11)5-13/h1-3,5,8H,4H2. The van der Waals surface area contributed by atoms with E-state index in [9.17, 15) is 9.18 Å². The maximum absolute atomic E-state index is 13.1. The zero-order valence-corrected chi connectivity index (χ0v) is 8.98. The van der Waals surface area contributed by atoms with E-state index in [-0.39, 0.29) is 12.2 Å². The summed E-state index contributed by atoms with van der Waals surface area (Å²) in [6.07, 6.45) is 0.818. The number of carbonyl (C=O) groups excluding carboxylic acids is 1. The van der Waals surface area contributed by atoms with Crippen molar-refractivity contribution in [2.24, 2.45) is 0 Å². The Kier molecular flexibility index (Phi) is 3.88. The SMILES string of the molecule is O=CC(Cl)Cc1cc(Br)ccc1F. The Morgan fingerprint density at radius 3 is 2.92 bits per heavy atom. The van der Waals surface area contributed by atoms with Gasteiger partial charge in [0.2, 0.25) is 0 Å². The molecule has 1 atom stereocenters. The van der Waals surface area contributed by atoms with Crippen molar-refractivity contribution in [1.29, 1.82) is 0 Å². The summed E-state index contributed by atoms with van der Waals surface area (Å²) in [7, 11) is 0. The maximum Gasteiger partial charge on any atom is 0.138 e. The highest BCUT2D eigenvalue weighted by atomic mass is 79.9. The Hall–Kier alpha value is -0.410. The molecule has 0 heterocycles. The Balaban J connectivity index is 2.86. The van der Waals surface area contributed by atoms with Crippen LogP contribution >= 0.6 is 27.5 Å². The molecule has 0 aliphatic heterocycles. The summed E-state index contributed by atoms with van der Waals surface area (Å²) in [5.41, 5.74) is 0.446. The second-order valence-corrected chi connectivity index (χ2v) is 4.07.